The molecule has 70 valence electrons. The van der Waals surface area contributed by atoms with Gasteiger partial charge in [0.25, 0.3) is 0 Å². The average Bonchev–Trinajstić information content (AvgIpc) is 2.82. The van der Waals surface area contributed by atoms with Gasteiger partial charge in [0.2, 0.25) is 0 Å². The number of hydrogen-bond acceptors (Lipinski definition) is 2. The SMILES string of the molecule is COc1c(F)cccc1C1CC1N. The minimum Gasteiger partial charge on any atom is -0.493 e. The van der Waals surface area contributed by atoms with Crippen LogP contribution in [0, 0.1) is 5.82 Å². The van der Waals surface area contributed by atoms with Gasteiger partial charge in [0.1, 0.15) is 0 Å². The molecule has 2 nitrogen and oxygen atoms in total. The van der Waals surface area contributed by atoms with Crippen LogP contribution in [0.5, 0.6) is 5.75 Å². The van der Waals surface area contributed by atoms with Crippen LogP contribution in [-0.2, 0) is 0 Å². The monoisotopic (exact) mass is 181 g/mol. The van der Waals surface area contributed by atoms with Gasteiger partial charge in [-0.1, -0.05) is 12.1 Å². The van der Waals surface area contributed by atoms with E-state index < -0.39 is 0 Å². The number of hydrogen-bond donors (Lipinski definition) is 1. The molecule has 1 saturated carbocycles. The van der Waals surface area contributed by atoms with Crippen LogP contribution in [-0.4, -0.2) is 13.2 Å². The number of nitrogens with two attached hydrogens (primary N) is 1. The van der Waals surface area contributed by atoms with Crippen molar-refractivity contribution < 1.29 is 9.13 Å². The van der Waals surface area contributed by atoms with Crippen LogP contribution >= 0.6 is 0 Å². The van der Waals surface area contributed by atoms with Gasteiger partial charge in [0.15, 0.2) is 11.6 Å². The lowest BCUT2D eigenvalue weighted by Gasteiger charge is -2.07. The summed E-state index contributed by atoms with van der Waals surface area (Å²) in [7, 11) is 1.48. The second-order valence-electron chi connectivity index (χ2n) is 3.37. The maximum atomic E-state index is 13.2. The van der Waals surface area contributed by atoms with E-state index >= 15 is 0 Å². The second-order valence-corrected chi connectivity index (χ2v) is 3.37. The van der Waals surface area contributed by atoms with E-state index in [0.717, 1.165) is 12.0 Å². The van der Waals surface area contributed by atoms with Crippen molar-refractivity contribution in [3.8, 4) is 5.75 Å². The molecule has 1 fully saturated rings. The molecule has 1 aliphatic carbocycles. The summed E-state index contributed by atoms with van der Waals surface area (Å²) in [5, 5.41) is 0. The highest BCUT2D eigenvalue weighted by Crippen LogP contribution is 2.43. The molecule has 1 aliphatic rings. The molecule has 2 N–H and O–H groups in total. The molecule has 2 unspecified atom stereocenters. The highest BCUT2D eigenvalue weighted by Gasteiger charge is 2.37. The Morgan fingerprint density at radius 2 is 2.23 bits per heavy atom. The van der Waals surface area contributed by atoms with Crippen molar-refractivity contribution in [2.75, 3.05) is 7.11 Å². The quantitative estimate of drug-likeness (QED) is 0.752. The van der Waals surface area contributed by atoms with E-state index in [0.29, 0.717) is 5.75 Å². The zero-order chi connectivity index (χ0) is 9.42. The fraction of sp³-hybridized carbons (Fsp3) is 0.400. The molecule has 3 heteroatoms. The van der Waals surface area contributed by atoms with Crippen molar-refractivity contribution >= 4 is 0 Å². The number of para-hydroxylation sites is 1. The molecule has 0 aliphatic heterocycles. The van der Waals surface area contributed by atoms with Gasteiger partial charge in [0.05, 0.1) is 7.11 Å². The van der Waals surface area contributed by atoms with Gasteiger partial charge >= 0.3 is 0 Å². The van der Waals surface area contributed by atoms with Crippen molar-refractivity contribution in [3.63, 3.8) is 0 Å². The first kappa shape index (κ1) is 8.51. The molecule has 0 bridgehead atoms. The fourth-order valence-corrected chi connectivity index (χ4v) is 1.61. The van der Waals surface area contributed by atoms with Crippen LogP contribution in [0.3, 0.4) is 0 Å². The predicted octanol–water partition coefficient (Wildman–Crippen LogP) is 1.65. The van der Waals surface area contributed by atoms with Crippen molar-refractivity contribution in [1.82, 2.24) is 0 Å². The second kappa shape index (κ2) is 3.00. The Balaban J connectivity index is 2.38. The van der Waals surface area contributed by atoms with Crippen LogP contribution in [0.25, 0.3) is 0 Å². The van der Waals surface area contributed by atoms with Gasteiger partial charge in [-0.15, -0.1) is 0 Å². The molecule has 1 aromatic rings. The summed E-state index contributed by atoms with van der Waals surface area (Å²) in [5.74, 6) is 0.324. The molecular weight excluding hydrogens is 169 g/mol. The molecular formula is C10H12FNO. The Kier molecular flexibility index (Phi) is 1.96. The highest BCUT2D eigenvalue weighted by atomic mass is 19.1. The van der Waals surface area contributed by atoms with Crippen LogP contribution in [0.15, 0.2) is 18.2 Å². The van der Waals surface area contributed by atoms with Gasteiger partial charge in [-0.2, -0.15) is 0 Å². The van der Waals surface area contributed by atoms with Crippen LogP contribution < -0.4 is 10.5 Å². The fourth-order valence-electron chi connectivity index (χ4n) is 1.61. The van der Waals surface area contributed by atoms with E-state index in [1.54, 1.807) is 6.07 Å². The molecule has 0 spiro atoms. The Bertz CT molecular complexity index is 327. The van der Waals surface area contributed by atoms with Crippen molar-refractivity contribution in [2.45, 2.75) is 18.4 Å². The van der Waals surface area contributed by atoms with E-state index in [4.69, 9.17) is 10.5 Å². The molecule has 0 radical (unpaired) electrons. The number of halogens is 1. The predicted molar refractivity (Wildman–Crippen MR) is 48.3 cm³/mol. The molecule has 0 saturated heterocycles. The first-order chi connectivity index (χ1) is 6.24. The molecule has 2 rings (SSSR count). The van der Waals surface area contributed by atoms with E-state index in [1.165, 1.54) is 13.2 Å². The minimum atomic E-state index is -0.306. The standard InChI is InChI=1S/C10H12FNO/c1-13-10-6(7-5-9(7)12)3-2-4-8(10)11/h2-4,7,9H,5,12H2,1H3. The highest BCUT2D eigenvalue weighted by molar-refractivity contribution is 5.41. The largest absolute Gasteiger partial charge is 0.493 e. The third-order valence-corrected chi connectivity index (χ3v) is 2.44. The number of rotatable bonds is 2. The summed E-state index contributed by atoms with van der Waals surface area (Å²) >= 11 is 0. The van der Waals surface area contributed by atoms with E-state index in [-0.39, 0.29) is 17.8 Å². The zero-order valence-corrected chi connectivity index (χ0v) is 7.46. The lowest BCUT2D eigenvalue weighted by atomic mass is 10.1. The summed E-state index contributed by atoms with van der Waals surface area (Å²) in [5.41, 5.74) is 6.59. The summed E-state index contributed by atoms with van der Waals surface area (Å²) < 4.78 is 18.2. The Morgan fingerprint density at radius 1 is 1.54 bits per heavy atom. The molecule has 0 amide bonds. The van der Waals surface area contributed by atoms with E-state index in [9.17, 15) is 4.39 Å². The Hall–Kier alpha value is -1.09. The maximum absolute atomic E-state index is 13.2. The van der Waals surface area contributed by atoms with Crippen LogP contribution in [0.2, 0.25) is 0 Å². The average molecular weight is 181 g/mol. The third kappa shape index (κ3) is 1.40. The lowest BCUT2D eigenvalue weighted by molar-refractivity contribution is 0.381. The number of ether oxygens (including phenoxy) is 1. The number of benzene rings is 1. The zero-order valence-electron chi connectivity index (χ0n) is 7.46. The van der Waals surface area contributed by atoms with Crippen LogP contribution in [0.1, 0.15) is 17.9 Å². The Morgan fingerprint density at radius 3 is 2.77 bits per heavy atom. The molecule has 0 heterocycles. The first-order valence-corrected chi connectivity index (χ1v) is 4.32. The number of methoxy groups -OCH3 is 1. The molecule has 13 heavy (non-hydrogen) atoms. The van der Waals surface area contributed by atoms with Gasteiger partial charge in [-0.05, 0) is 12.5 Å². The van der Waals surface area contributed by atoms with E-state index in [1.807, 2.05) is 6.07 Å². The van der Waals surface area contributed by atoms with Crippen molar-refractivity contribution in [3.05, 3.63) is 29.6 Å². The van der Waals surface area contributed by atoms with Gasteiger partial charge in [-0.25, -0.2) is 4.39 Å². The topological polar surface area (TPSA) is 35.2 Å². The van der Waals surface area contributed by atoms with Gasteiger partial charge < -0.3 is 10.5 Å². The molecule has 1 aromatic carbocycles. The normalized spacial score (nSPS) is 25.8. The summed E-state index contributed by atoms with van der Waals surface area (Å²) in [6, 6.07) is 5.14. The minimum absolute atomic E-state index is 0.177. The molecule has 0 aromatic heterocycles. The Labute approximate surface area is 76.5 Å². The first-order valence-electron chi connectivity index (χ1n) is 4.32. The lowest BCUT2D eigenvalue weighted by Crippen LogP contribution is -2.02. The third-order valence-electron chi connectivity index (χ3n) is 2.44. The maximum Gasteiger partial charge on any atom is 0.165 e. The smallest absolute Gasteiger partial charge is 0.165 e. The van der Waals surface area contributed by atoms with Crippen LogP contribution in [0.4, 0.5) is 4.39 Å². The summed E-state index contributed by atoms with van der Waals surface area (Å²) in [4.78, 5) is 0. The van der Waals surface area contributed by atoms with E-state index in [2.05, 4.69) is 0 Å². The molecule has 2 atom stereocenters. The summed E-state index contributed by atoms with van der Waals surface area (Å²) in [6.07, 6.45) is 0.930. The van der Waals surface area contributed by atoms with Crippen molar-refractivity contribution in [2.24, 2.45) is 5.73 Å². The van der Waals surface area contributed by atoms with Crippen molar-refractivity contribution in [1.29, 1.82) is 0 Å². The summed E-state index contributed by atoms with van der Waals surface area (Å²) in [6.45, 7) is 0. The van der Waals surface area contributed by atoms with Gasteiger partial charge in [0, 0.05) is 17.5 Å². The van der Waals surface area contributed by atoms with Gasteiger partial charge in [-0.3, -0.25) is 0 Å².